The molecule has 0 aliphatic heterocycles. The van der Waals surface area contributed by atoms with Crippen LogP contribution >= 0.6 is 23.2 Å². The van der Waals surface area contributed by atoms with Crippen molar-refractivity contribution in [3.8, 4) is 17.7 Å². The maximum absolute atomic E-state index is 13.2. The Morgan fingerprint density at radius 3 is 2.44 bits per heavy atom. The molecule has 8 heteroatoms. The van der Waals surface area contributed by atoms with Gasteiger partial charge < -0.3 is 9.84 Å². The van der Waals surface area contributed by atoms with Crippen LogP contribution in [-0.2, 0) is 6.54 Å². The number of ketones is 1. The van der Waals surface area contributed by atoms with E-state index in [9.17, 15) is 20.0 Å². The van der Waals surface area contributed by atoms with Crippen LogP contribution in [0.4, 0.5) is 0 Å². The van der Waals surface area contributed by atoms with E-state index in [0.717, 1.165) is 30.3 Å². The van der Waals surface area contributed by atoms with Gasteiger partial charge in [-0.05, 0) is 31.0 Å². The number of ether oxygens (including phenoxy) is 1. The van der Waals surface area contributed by atoms with Crippen molar-refractivity contribution in [3.63, 3.8) is 0 Å². The van der Waals surface area contributed by atoms with Gasteiger partial charge in [0.2, 0.25) is 5.88 Å². The number of carbonyl (C=O) groups excluding carboxylic acids is 1. The predicted octanol–water partition coefficient (Wildman–Crippen LogP) is 5.81. The number of nitriles is 1. The van der Waals surface area contributed by atoms with E-state index in [1.54, 1.807) is 6.07 Å². The van der Waals surface area contributed by atoms with Gasteiger partial charge in [-0.3, -0.25) is 14.2 Å². The highest BCUT2D eigenvalue weighted by molar-refractivity contribution is 6.38. The molecule has 0 fully saturated rings. The standard InChI is InChI=1S/C24H26Cl2N2O4/c1-4-6-7-8-9-11-32-22-18(25)12-16(13-19(22)26)21(29)20-15(3)17(14-27)23(30)28(10-5-2)24(20)31/h5,12-13,31H,2,4,6-11H2,1,3H3. The first-order chi connectivity index (χ1) is 15.3. The van der Waals surface area contributed by atoms with Gasteiger partial charge in [-0.1, -0.05) is 61.9 Å². The molecule has 1 aromatic carbocycles. The lowest BCUT2D eigenvalue weighted by Crippen LogP contribution is -2.26. The Kier molecular flexibility index (Phi) is 9.37. The number of benzene rings is 1. The number of hydrogen-bond donors (Lipinski definition) is 1. The summed E-state index contributed by atoms with van der Waals surface area (Å²) in [6.07, 6.45) is 6.76. The summed E-state index contributed by atoms with van der Waals surface area (Å²) in [4.78, 5) is 25.7. The maximum atomic E-state index is 13.2. The number of aromatic nitrogens is 1. The Labute approximate surface area is 197 Å². The molecule has 32 heavy (non-hydrogen) atoms. The molecule has 1 N–H and O–H groups in total. The number of carbonyl (C=O) groups is 1. The second-order valence-electron chi connectivity index (χ2n) is 7.38. The molecule has 1 aromatic heterocycles. The molecule has 0 unspecified atom stereocenters. The molecular weight excluding hydrogens is 451 g/mol. The van der Waals surface area contributed by atoms with Crippen molar-refractivity contribution < 1.29 is 14.6 Å². The normalized spacial score (nSPS) is 10.6. The van der Waals surface area contributed by atoms with Crippen LogP contribution < -0.4 is 10.3 Å². The number of rotatable bonds is 11. The highest BCUT2D eigenvalue weighted by Crippen LogP contribution is 2.36. The summed E-state index contributed by atoms with van der Waals surface area (Å²) in [6, 6.07) is 4.60. The smallest absolute Gasteiger partial charge is 0.271 e. The Morgan fingerprint density at radius 1 is 1.25 bits per heavy atom. The quantitative estimate of drug-likeness (QED) is 0.251. The summed E-state index contributed by atoms with van der Waals surface area (Å²) < 4.78 is 6.64. The van der Waals surface area contributed by atoms with Crippen molar-refractivity contribution in [3.05, 3.63) is 67.4 Å². The summed E-state index contributed by atoms with van der Waals surface area (Å²) in [5.41, 5.74) is -0.910. The van der Waals surface area contributed by atoms with Crippen molar-refractivity contribution >= 4 is 29.0 Å². The third-order valence-corrected chi connectivity index (χ3v) is 5.66. The Hall–Kier alpha value is -2.75. The third kappa shape index (κ3) is 5.53. The van der Waals surface area contributed by atoms with E-state index < -0.39 is 17.2 Å². The highest BCUT2D eigenvalue weighted by atomic mass is 35.5. The zero-order valence-corrected chi connectivity index (χ0v) is 19.7. The molecule has 0 atom stereocenters. The molecule has 2 rings (SSSR count). The van der Waals surface area contributed by atoms with E-state index in [4.69, 9.17) is 27.9 Å². The Bertz CT molecular complexity index is 1090. The Morgan fingerprint density at radius 2 is 1.88 bits per heavy atom. The van der Waals surface area contributed by atoms with E-state index in [-0.39, 0.29) is 44.6 Å². The number of nitrogens with zero attached hydrogens (tertiary/aromatic N) is 2. The summed E-state index contributed by atoms with van der Waals surface area (Å²) in [7, 11) is 0. The molecule has 0 saturated carbocycles. The number of allylic oxidation sites excluding steroid dienone is 1. The van der Waals surface area contributed by atoms with Crippen LogP contribution in [-0.4, -0.2) is 22.1 Å². The fourth-order valence-corrected chi connectivity index (χ4v) is 3.97. The summed E-state index contributed by atoms with van der Waals surface area (Å²) in [6.45, 7) is 7.51. The summed E-state index contributed by atoms with van der Waals surface area (Å²) >= 11 is 12.7. The van der Waals surface area contributed by atoms with Crippen molar-refractivity contribution in [2.75, 3.05) is 6.61 Å². The van der Waals surface area contributed by atoms with Crippen LogP contribution in [0.15, 0.2) is 29.6 Å². The van der Waals surface area contributed by atoms with Gasteiger partial charge >= 0.3 is 0 Å². The molecule has 1 heterocycles. The lowest BCUT2D eigenvalue weighted by atomic mass is 9.97. The monoisotopic (exact) mass is 476 g/mol. The first-order valence-electron chi connectivity index (χ1n) is 10.4. The molecule has 0 amide bonds. The SMILES string of the molecule is C=CCn1c(O)c(C(=O)c2cc(Cl)c(OCCCCCCC)c(Cl)c2)c(C)c(C#N)c1=O. The number of halogens is 2. The molecule has 0 aliphatic rings. The van der Waals surface area contributed by atoms with Crippen LogP contribution in [0.1, 0.15) is 66.1 Å². The van der Waals surface area contributed by atoms with Crippen molar-refractivity contribution in [2.45, 2.75) is 52.5 Å². The van der Waals surface area contributed by atoms with Gasteiger partial charge in [0.05, 0.1) is 22.2 Å². The minimum atomic E-state index is -0.697. The average molecular weight is 477 g/mol. The largest absolute Gasteiger partial charge is 0.494 e. The topological polar surface area (TPSA) is 92.3 Å². The van der Waals surface area contributed by atoms with E-state index in [1.807, 2.05) is 0 Å². The fraction of sp³-hybridized carbons (Fsp3) is 0.375. The molecule has 2 aromatic rings. The molecular formula is C24H26Cl2N2O4. The highest BCUT2D eigenvalue weighted by Gasteiger charge is 2.25. The van der Waals surface area contributed by atoms with Crippen LogP contribution in [0.25, 0.3) is 0 Å². The number of pyridine rings is 1. The number of unbranched alkanes of at least 4 members (excludes halogenated alkanes) is 4. The predicted molar refractivity (Wildman–Crippen MR) is 126 cm³/mol. The minimum absolute atomic E-state index is 0.0630. The van der Waals surface area contributed by atoms with Gasteiger partial charge in [-0.15, -0.1) is 6.58 Å². The third-order valence-electron chi connectivity index (χ3n) is 5.09. The zero-order valence-electron chi connectivity index (χ0n) is 18.2. The van der Waals surface area contributed by atoms with Crippen LogP contribution in [0, 0.1) is 18.3 Å². The van der Waals surface area contributed by atoms with E-state index in [0.29, 0.717) is 6.61 Å². The lowest BCUT2D eigenvalue weighted by Gasteiger charge is -2.15. The van der Waals surface area contributed by atoms with Crippen molar-refractivity contribution in [2.24, 2.45) is 0 Å². The van der Waals surface area contributed by atoms with Crippen molar-refractivity contribution in [1.29, 1.82) is 5.26 Å². The van der Waals surface area contributed by atoms with E-state index in [2.05, 4.69) is 13.5 Å². The van der Waals surface area contributed by atoms with Crippen LogP contribution in [0.3, 0.4) is 0 Å². The van der Waals surface area contributed by atoms with E-state index >= 15 is 0 Å². The Balaban J connectivity index is 2.38. The van der Waals surface area contributed by atoms with Gasteiger partial charge in [-0.2, -0.15) is 5.26 Å². The molecule has 0 spiro atoms. The van der Waals surface area contributed by atoms with Gasteiger partial charge in [0.1, 0.15) is 11.6 Å². The van der Waals surface area contributed by atoms with Gasteiger partial charge in [0.25, 0.3) is 5.56 Å². The second kappa shape index (κ2) is 11.8. The minimum Gasteiger partial charge on any atom is -0.494 e. The lowest BCUT2D eigenvalue weighted by molar-refractivity contribution is 0.103. The second-order valence-corrected chi connectivity index (χ2v) is 8.19. The van der Waals surface area contributed by atoms with Crippen molar-refractivity contribution in [1.82, 2.24) is 4.57 Å². The number of aromatic hydroxyl groups is 1. The first kappa shape index (κ1) is 25.5. The zero-order chi connectivity index (χ0) is 23.8. The van der Waals surface area contributed by atoms with E-state index in [1.165, 1.54) is 31.6 Å². The summed E-state index contributed by atoms with van der Waals surface area (Å²) in [5.74, 6) is -0.879. The van der Waals surface area contributed by atoms with Gasteiger partial charge in [0.15, 0.2) is 11.5 Å². The fourth-order valence-electron chi connectivity index (χ4n) is 3.37. The first-order valence-corrected chi connectivity index (χ1v) is 11.2. The molecule has 0 radical (unpaired) electrons. The maximum Gasteiger partial charge on any atom is 0.271 e. The molecule has 6 nitrogen and oxygen atoms in total. The summed E-state index contributed by atoms with van der Waals surface area (Å²) in [5, 5.41) is 20.3. The van der Waals surface area contributed by atoms with Gasteiger partial charge in [0, 0.05) is 12.1 Å². The molecule has 0 saturated heterocycles. The van der Waals surface area contributed by atoms with Gasteiger partial charge in [-0.25, -0.2) is 0 Å². The molecule has 170 valence electrons. The van der Waals surface area contributed by atoms with Crippen LogP contribution in [0.2, 0.25) is 10.0 Å². The number of hydrogen-bond acceptors (Lipinski definition) is 5. The average Bonchev–Trinajstić information content (AvgIpc) is 2.75. The molecule has 0 bridgehead atoms. The molecule has 0 aliphatic carbocycles. The van der Waals surface area contributed by atoms with Crippen LogP contribution in [0.5, 0.6) is 11.6 Å².